The summed E-state index contributed by atoms with van der Waals surface area (Å²) in [4.78, 5) is 17.7. The maximum absolute atomic E-state index is 12.9. The fourth-order valence-corrected chi connectivity index (χ4v) is 6.24. The molecular weight excluding hydrogens is 406 g/mol. The molecule has 0 bridgehead atoms. The van der Waals surface area contributed by atoms with Crippen molar-refractivity contribution in [3.63, 3.8) is 0 Å². The first-order chi connectivity index (χ1) is 13.9. The highest BCUT2D eigenvalue weighted by molar-refractivity contribution is 7.89. The number of para-hydroxylation sites is 1. The lowest BCUT2D eigenvalue weighted by Crippen LogP contribution is -2.39. The van der Waals surface area contributed by atoms with Crippen molar-refractivity contribution >= 4 is 37.5 Å². The van der Waals surface area contributed by atoms with E-state index in [1.165, 1.54) is 23.5 Å². The van der Waals surface area contributed by atoms with Crippen LogP contribution in [0.5, 0.6) is 0 Å². The summed E-state index contributed by atoms with van der Waals surface area (Å²) in [5.74, 6) is -0.0251. The van der Waals surface area contributed by atoms with Gasteiger partial charge in [-0.05, 0) is 55.2 Å². The summed E-state index contributed by atoms with van der Waals surface area (Å²) in [6, 6.07) is 14.0. The van der Waals surface area contributed by atoms with E-state index in [4.69, 9.17) is 0 Å². The van der Waals surface area contributed by atoms with Gasteiger partial charge in [-0.15, -0.1) is 0 Å². The average Bonchev–Trinajstić information content (AvgIpc) is 3.04. The van der Waals surface area contributed by atoms with E-state index in [-0.39, 0.29) is 10.8 Å². The molecule has 1 aromatic heterocycles. The van der Waals surface area contributed by atoms with Crippen LogP contribution in [0.2, 0.25) is 0 Å². The number of thiazole rings is 1. The van der Waals surface area contributed by atoms with Crippen LogP contribution >= 0.6 is 11.3 Å². The minimum absolute atomic E-state index is 0.218. The summed E-state index contributed by atoms with van der Waals surface area (Å²) in [6.07, 6.45) is 1.93. The lowest BCUT2D eigenvalue weighted by molar-refractivity contribution is 0.0998. The Hall–Kier alpha value is -2.29. The molecule has 0 radical (unpaired) electrons. The predicted octanol–water partition coefficient (Wildman–Crippen LogP) is 3.40. The second-order valence-electron chi connectivity index (χ2n) is 7.46. The summed E-state index contributed by atoms with van der Waals surface area (Å²) < 4.78 is 30.2. The molecule has 1 atom stereocenters. The molecule has 0 unspecified atom stereocenters. The van der Waals surface area contributed by atoms with Crippen molar-refractivity contribution in [2.24, 2.45) is 18.0 Å². The van der Waals surface area contributed by atoms with Gasteiger partial charge in [0, 0.05) is 25.7 Å². The molecule has 1 aliphatic rings. The van der Waals surface area contributed by atoms with Crippen LogP contribution in [-0.2, 0) is 17.1 Å². The number of hydrogen-bond donors (Lipinski definition) is 0. The van der Waals surface area contributed by atoms with E-state index in [2.05, 4.69) is 11.9 Å². The first-order valence-corrected chi connectivity index (χ1v) is 11.9. The van der Waals surface area contributed by atoms with E-state index in [0.717, 1.165) is 23.1 Å². The third kappa shape index (κ3) is 3.92. The second kappa shape index (κ2) is 7.85. The maximum Gasteiger partial charge on any atom is 0.279 e. The van der Waals surface area contributed by atoms with E-state index >= 15 is 0 Å². The summed E-state index contributed by atoms with van der Waals surface area (Å²) >= 11 is 1.45. The lowest BCUT2D eigenvalue weighted by Gasteiger charge is -2.30. The smallest absolute Gasteiger partial charge is 0.279 e. The second-order valence-corrected chi connectivity index (χ2v) is 10.4. The average molecular weight is 430 g/mol. The van der Waals surface area contributed by atoms with E-state index in [1.807, 2.05) is 35.9 Å². The van der Waals surface area contributed by atoms with Gasteiger partial charge in [-0.1, -0.05) is 30.4 Å². The number of rotatable bonds is 3. The fraction of sp³-hybridized carbons (Fsp3) is 0.333. The van der Waals surface area contributed by atoms with Crippen LogP contribution in [-0.4, -0.2) is 36.3 Å². The Kier molecular flexibility index (Phi) is 5.42. The molecule has 4 rings (SSSR count). The van der Waals surface area contributed by atoms with Gasteiger partial charge in [0.2, 0.25) is 10.0 Å². The molecule has 0 N–H and O–H groups in total. The fourth-order valence-electron chi connectivity index (χ4n) is 3.62. The predicted molar refractivity (Wildman–Crippen MR) is 114 cm³/mol. The highest BCUT2D eigenvalue weighted by atomic mass is 32.2. The van der Waals surface area contributed by atoms with Crippen molar-refractivity contribution in [1.82, 2.24) is 8.87 Å². The monoisotopic (exact) mass is 429 g/mol. The van der Waals surface area contributed by atoms with Gasteiger partial charge >= 0.3 is 0 Å². The van der Waals surface area contributed by atoms with Crippen molar-refractivity contribution in [3.8, 4) is 0 Å². The number of hydrogen-bond acceptors (Lipinski definition) is 4. The molecule has 0 spiro atoms. The van der Waals surface area contributed by atoms with Crippen molar-refractivity contribution in [1.29, 1.82) is 0 Å². The van der Waals surface area contributed by atoms with Crippen molar-refractivity contribution < 1.29 is 13.2 Å². The Bertz CT molecular complexity index is 1220. The van der Waals surface area contributed by atoms with Gasteiger partial charge < -0.3 is 4.57 Å². The number of amides is 1. The maximum atomic E-state index is 12.9. The number of piperidine rings is 1. The van der Waals surface area contributed by atoms with Gasteiger partial charge in [-0.25, -0.2) is 8.42 Å². The summed E-state index contributed by atoms with van der Waals surface area (Å²) in [5, 5.41) is 0. The molecule has 2 heterocycles. The van der Waals surface area contributed by atoms with Crippen LogP contribution in [0.3, 0.4) is 0 Å². The number of aromatic nitrogens is 1. The molecule has 29 heavy (non-hydrogen) atoms. The van der Waals surface area contributed by atoms with Crippen LogP contribution in [0.4, 0.5) is 0 Å². The van der Waals surface area contributed by atoms with Gasteiger partial charge in [0.25, 0.3) is 5.91 Å². The van der Waals surface area contributed by atoms with Gasteiger partial charge in [0.05, 0.1) is 15.1 Å². The SMILES string of the molecule is C[C@@H]1CCCN(S(=O)(=O)c2ccc(C(=O)N=c3sc4ccccc4n3C)cc2)C1. The number of carbonyl (C=O) groups excluding carboxylic acids is 1. The Morgan fingerprint density at radius 3 is 2.55 bits per heavy atom. The summed E-state index contributed by atoms with van der Waals surface area (Å²) in [5.41, 5.74) is 1.38. The largest absolute Gasteiger partial charge is 0.319 e. The molecule has 1 fully saturated rings. The first-order valence-electron chi connectivity index (χ1n) is 9.60. The molecule has 0 saturated carbocycles. The van der Waals surface area contributed by atoms with Gasteiger partial charge in [-0.3, -0.25) is 4.79 Å². The molecule has 0 aliphatic carbocycles. The third-order valence-corrected chi connectivity index (χ3v) is 8.26. The lowest BCUT2D eigenvalue weighted by atomic mass is 10.0. The minimum atomic E-state index is -3.53. The van der Waals surface area contributed by atoms with Gasteiger partial charge in [0.1, 0.15) is 0 Å². The van der Waals surface area contributed by atoms with Crippen molar-refractivity contribution in [2.45, 2.75) is 24.7 Å². The normalized spacial score (nSPS) is 19.0. The highest BCUT2D eigenvalue weighted by Gasteiger charge is 2.28. The highest BCUT2D eigenvalue weighted by Crippen LogP contribution is 2.24. The van der Waals surface area contributed by atoms with E-state index in [1.54, 1.807) is 16.4 Å². The van der Waals surface area contributed by atoms with E-state index in [9.17, 15) is 13.2 Å². The topological polar surface area (TPSA) is 71.7 Å². The Labute approximate surface area is 174 Å². The first kappa shape index (κ1) is 20.0. The minimum Gasteiger partial charge on any atom is -0.319 e. The van der Waals surface area contributed by atoms with Gasteiger partial charge in [0.15, 0.2) is 4.80 Å². The molecule has 152 valence electrons. The molecule has 1 saturated heterocycles. The Morgan fingerprint density at radius 2 is 1.86 bits per heavy atom. The van der Waals surface area contributed by atoms with Crippen LogP contribution in [0.25, 0.3) is 10.2 Å². The molecule has 8 heteroatoms. The van der Waals surface area contributed by atoms with Crippen LogP contribution < -0.4 is 4.80 Å². The summed E-state index contributed by atoms with van der Waals surface area (Å²) in [6.45, 7) is 3.16. The van der Waals surface area contributed by atoms with Crippen molar-refractivity contribution in [3.05, 3.63) is 58.9 Å². The molecule has 2 aromatic carbocycles. The van der Waals surface area contributed by atoms with Gasteiger partial charge in [-0.2, -0.15) is 9.30 Å². The number of sulfonamides is 1. The van der Waals surface area contributed by atoms with Crippen LogP contribution in [0, 0.1) is 5.92 Å². The standard InChI is InChI=1S/C21H23N3O3S2/c1-15-6-5-13-24(14-15)29(26,27)17-11-9-16(10-12-17)20(25)22-21-23(2)18-7-3-4-8-19(18)28-21/h3-4,7-12,15H,5-6,13-14H2,1-2H3/t15-/m1/s1. The third-order valence-electron chi connectivity index (χ3n) is 5.27. The molecule has 1 aliphatic heterocycles. The zero-order chi connectivity index (χ0) is 20.6. The molecule has 3 aromatic rings. The van der Waals surface area contributed by atoms with E-state index < -0.39 is 10.0 Å². The van der Waals surface area contributed by atoms with Crippen molar-refractivity contribution in [2.75, 3.05) is 13.1 Å². The summed E-state index contributed by atoms with van der Waals surface area (Å²) in [7, 11) is -1.66. The number of benzene rings is 2. The Balaban J connectivity index is 1.60. The van der Waals surface area contributed by atoms with Crippen LogP contribution in [0.1, 0.15) is 30.1 Å². The number of aryl methyl sites for hydroxylation is 1. The van der Waals surface area contributed by atoms with E-state index in [0.29, 0.717) is 29.4 Å². The molecule has 6 nitrogen and oxygen atoms in total. The number of carbonyl (C=O) groups is 1. The zero-order valence-electron chi connectivity index (χ0n) is 16.4. The molecular formula is C21H23N3O3S2. The zero-order valence-corrected chi connectivity index (χ0v) is 18.0. The quantitative estimate of drug-likeness (QED) is 0.641. The number of nitrogens with zero attached hydrogens (tertiary/aromatic N) is 3. The molecule has 1 amide bonds. The number of fused-ring (bicyclic) bond motifs is 1. The Morgan fingerprint density at radius 1 is 1.14 bits per heavy atom. The van der Waals surface area contributed by atoms with Crippen LogP contribution in [0.15, 0.2) is 58.4 Å².